The fourth-order valence-electron chi connectivity index (χ4n) is 1.63. The second-order valence-electron chi connectivity index (χ2n) is 4.26. The number of aromatic nitrogens is 1. The van der Waals surface area contributed by atoms with Crippen molar-refractivity contribution in [3.63, 3.8) is 0 Å². The van der Waals surface area contributed by atoms with Gasteiger partial charge in [0.2, 0.25) is 10.0 Å². The third kappa shape index (κ3) is 3.86. The molecule has 8 heteroatoms. The maximum atomic E-state index is 12.1. The van der Waals surface area contributed by atoms with E-state index in [2.05, 4.69) is 9.71 Å². The maximum Gasteiger partial charge on any atom is 0.250 e. The van der Waals surface area contributed by atoms with Gasteiger partial charge in [-0.3, -0.25) is 0 Å². The Hall–Kier alpha value is -0.800. The number of aryl methyl sites for hydroxylation is 1. The Kier molecular flexibility index (Phi) is 5.28. The van der Waals surface area contributed by atoms with E-state index in [4.69, 9.17) is 5.73 Å². The quantitative estimate of drug-likeness (QED) is 0.762. The van der Waals surface area contributed by atoms with Gasteiger partial charge in [0.1, 0.15) is 4.21 Å². The van der Waals surface area contributed by atoms with Crippen LogP contribution in [0.15, 0.2) is 21.7 Å². The van der Waals surface area contributed by atoms with Crippen LogP contribution in [0, 0.1) is 6.92 Å². The van der Waals surface area contributed by atoms with E-state index in [1.54, 1.807) is 23.5 Å². The normalized spacial score (nSPS) is 11.9. The first-order chi connectivity index (χ1) is 9.53. The fourth-order valence-corrected chi connectivity index (χ4v) is 4.70. The Labute approximate surface area is 126 Å². The van der Waals surface area contributed by atoms with Crippen LogP contribution in [0.4, 0.5) is 0 Å². The van der Waals surface area contributed by atoms with E-state index in [-0.39, 0.29) is 0 Å². The molecule has 0 aromatic carbocycles. The summed E-state index contributed by atoms with van der Waals surface area (Å²) in [5, 5.41) is 2.91. The smallest absolute Gasteiger partial charge is 0.250 e. The van der Waals surface area contributed by atoms with E-state index >= 15 is 0 Å². The molecule has 2 aromatic heterocycles. The van der Waals surface area contributed by atoms with Crippen molar-refractivity contribution in [2.45, 2.75) is 24.0 Å². The molecule has 0 aliphatic rings. The van der Waals surface area contributed by atoms with Crippen LogP contribution in [0.1, 0.15) is 17.8 Å². The predicted molar refractivity (Wildman–Crippen MR) is 83.6 cm³/mol. The summed E-state index contributed by atoms with van der Waals surface area (Å²) in [7, 11) is -3.42. The lowest BCUT2D eigenvalue weighted by Gasteiger charge is -2.03. The number of hydrogen-bond donors (Lipinski definition) is 2. The highest BCUT2D eigenvalue weighted by molar-refractivity contribution is 7.91. The molecule has 0 atom stereocenters. The largest absolute Gasteiger partial charge is 0.330 e. The van der Waals surface area contributed by atoms with Crippen molar-refractivity contribution in [2.75, 3.05) is 13.1 Å². The lowest BCUT2D eigenvalue weighted by molar-refractivity contribution is 0.579. The molecule has 0 amide bonds. The molecule has 0 aliphatic heterocycles. The molecule has 0 spiro atoms. The third-order valence-electron chi connectivity index (χ3n) is 2.64. The minimum Gasteiger partial charge on any atom is -0.330 e. The molecular weight excluding hydrogens is 314 g/mol. The number of nitrogens with one attached hydrogen (secondary N) is 1. The van der Waals surface area contributed by atoms with Gasteiger partial charge in [0.25, 0.3) is 0 Å². The number of nitrogens with two attached hydrogens (primary N) is 1. The van der Waals surface area contributed by atoms with Crippen LogP contribution in [0.3, 0.4) is 0 Å². The van der Waals surface area contributed by atoms with Gasteiger partial charge in [-0.1, -0.05) is 0 Å². The van der Waals surface area contributed by atoms with E-state index in [1.165, 1.54) is 11.3 Å². The number of sulfonamides is 1. The molecule has 5 nitrogen and oxygen atoms in total. The van der Waals surface area contributed by atoms with E-state index in [1.807, 2.05) is 12.3 Å². The van der Waals surface area contributed by atoms with Crippen LogP contribution in [-0.4, -0.2) is 26.5 Å². The summed E-state index contributed by atoms with van der Waals surface area (Å²) in [5.74, 6) is 0. The highest BCUT2D eigenvalue weighted by Crippen LogP contribution is 2.31. The van der Waals surface area contributed by atoms with Gasteiger partial charge in [0.05, 0.1) is 15.6 Å². The molecule has 20 heavy (non-hydrogen) atoms. The molecule has 0 unspecified atom stereocenters. The molecule has 0 saturated heterocycles. The summed E-state index contributed by atoms with van der Waals surface area (Å²) in [4.78, 5) is 5.23. The SMILES string of the molecule is Cc1nc(-c2ccc(S(=O)(=O)NCCCCN)s2)cs1. The topological polar surface area (TPSA) is 85.1 Å². The molecule has 2 aromatic rings. The first kappa shape index (κ1) is 15.6. The van der Waals surface area contributed by atoms with Gasteiger partial charge in [0.15, 0.2) is 0 Å². The number of rotatable bonds is 7. The van der Waals surface area contributed by atoms with Crippen LogP contribution < -0.4 is 10.5 Å². The van der Waals surface area contributed by atoms with E-state index in [0.717, 1.165) is 28.4 Å². The Morgan fingerprint density at radius 3 is 2.80 bits per heavy atom. The van der Waals surface area contributed by atoms with Gasteiger partial charge >= 0.3 is 0 Å². The Bertz CT molecular complexity index is 661. The summed E-state index contributed by atoms with van der Waals surface area (Å²) in [6.45, 7) is 2.93. The van der Waals surface area contributed by atoms with E-state index in [9.17, 15) is 8.42 Å². The molecule has 2 rings (SSSR count). The lowest BCUT2D eigenvalue weighted by atomic mass is 10.3. The van der Waals surface area contributed by atoms with E-state index in [0.29, 0.717) is 17.3 Å². The molecule has 0 bridgehead atoms. The number of unbranched alkanes of at least 4 members (excludes halogenated alkanes) is 1. The maximum absolute atomic E-state index is 12.1. The van der Waals surface area contributed by atoms with Crippen LogP contribution >= 0.6 is 22.7 Å². The van der Waals surface area contributed by atoms with Crippen LogP contribution in [0.25, 0.3) is 10.6 Å². The van der Waals surface area contributed by atoms with Gasteiger partial charge in [-0.2, -0.15) is 0 Å². The number of hydrogen-bond acceptors (Lipinski definition) is 6. The molecule has 0 saturated carbocycles. The fraction of sp³-hybridized carbons (Fsp3) is 0.417. The summed E-state index contributed by atoms with van der Waals surface area (Å²) in [6.07, 6.45) is 1.57. The summed E-state index contributed by atoms with van der Waals surface area (Å²) in [5.41, 5.74) is 6.21. The zero-order valence-corrected chi connectivity index (χ0v) is 13.6. The Morgan fingerprint density at radius 2 is 2.15 bits per heavy atom. The zero-order chi connectivity index (χ0) is 14.6. The molecule has 0 aliphatic carbocycles. The highest BCUT2D eigenvalue weighted by atomic mass is 32.2. The molecule has 2 heterocycles. The van der Waals surface area contributed by atoms with Crippen molar-refractivity contribution in [1.29, 1.82) is 0 Å². The minimum absolute atomic E-state index is 0.325. The van der Waals surface area contributed by atoms with Crippen molar-refractivity contribution >= 4 is 32.7 Å². The van der Waals surface area contributed by atoms with Crippen LogP contribution in [0.5, 0.6) is 0 Å². The predicted octanol–water partition coefficient (Wildman–Crippen LogP) is 2.20. The molecular formula is C12H17N3O2S3. The van der Waals surface area contributed by atoms with E-state index < -0.39 is 10.0 Å². The van der Waals surface area contributed by atoms with Crippen LogP contribution in [-0.2, 0) is 10.0 Å². The lowest BCUT2D eigenvalue weighted by Crippen LogP contribution is -2.24. The van der Waals surface area contributed by atoms with Gasteiger partial charge < -0.3 is 5.73 Å². The van der Waals surface area contributed by atoms with Crippen molar-refractivity contribution < 1.29 is 8.42 Å². The van der Waals surface area contributed by atoms with Crippen molar-refractivity contribution in [2.24, 2.45) is 5.73 Å². The Morgan fingerprint density at radius 1 is 1.35 bits per heavy atom. The average Bonchev–Trinajstić information content (AvgIpc) is 3.03. The standard InChI is InChI=1S/C12H17N3O2S3/c1-9-15-10(8-18-9)11-4-5-12(19-11)20(16,17)14-7-3-2-6-13/h4-5,8,14H,2-3,6-7,13H2,1H3. The zero-order valence-electron chi connectivity index (χ0n) is 11.1. The van der Waals surface area contributed by atoms with Gasteiger partial charge in [0, 0.05) is 11.9 Å². The first-order valence-electron chi connectivity index (χ1n) is 6.25. The van der Waals surface area contributed by atoms with Crippen molar-refractivity contribution in [3.05, 3.63) is 22.5 Å². The highest BCUT2D eigenvalue weighted by Gasteiger charge is 2.17. The third-order valence-corrected chi connectivity index (χ3v) is 6.47. The second kappa shape index (κ2) is 6.77. The van der Waals surface area contributed by atoms with Gasteiger partial charge in [-0.05, 0) is 38.4 Å². The summed E-state index contributed by atoms with van der Waals surface area (Å²) >= 11 is 2.79. The van der Waals surface area contributed by atoms with Gasteiger partial charge in [-0.15, -0.1) is 22.7 Å². The number of nitrogens with zero attached hydrogens (tertiary/aromatic N) is 1. The minimum atomic E-state index is -3.42. The number of thiophene rings is 1. The summed E-state index contributed by atoms with van der Waals surface area (Å²) in [6, 6.07) is 3.42. The molecule has 110 valence electrons. The molecule has 3 N–H and O–H groups in total. The number of thiazole rings is 1. The average molecular weight is 331 g/mol. The van der Waals surface area contributed by atoms with Gasteiger partial charge in [-0.25, -0.2) is 18.1 Å². The van der Waals surface area contributed by atoms with Crippen molar-refractivity contribution in [3.8, 4) is 10.6 Å². The monoisotopic (exact) mass is 331 g/mol. The van der Waals surface area contributed by atoms with Crippen molar-refractivity contribution in [1.82, 2.24) is 9.71 Å². The first-order valence-corrected chi connectivity index (χ1v) is 9.43. The molecule has 0 fully saturated rings. The summed E-state index contributed by atoms with van der Waals surface area (Å²) < 4.78 is 27.1. The second-order valence-corrected chi connectivity index (χ2v) is 8.40. The molecule has 0 radical (unpaired) electrons. The Balaban J connectivity index is 2.07. The van der Waals surface area contributed by atoms with Crippen LogP contribution in [0.2, 0.25) is 0 Å².